The topological polar surface area (TPSA) is 21.1 Å². The monoisotopic (exact) mass is 309 g/mol. The van der Waals surface area contributed by atoms with Crippen LogP contribution >= 0.6 is 0 Å². The van der Waals surface area contributed by atoms with Crippen LogP contribution in [0.5, 0.6) is 0 Å². The first kappa shape index (κ1) is 14.9. The highest BCUT2D eigenvalue weighted by atomic mass is 15.3. The predicted octanol–water partition coefficient (Wildman–Crippen LogP) is 3.95. The predicted molar refractivity (Wildman–Crippen MR) is 93.5 cm³/mol. The van der Waals surface area contributed by atoms with Crippen molar-refractivity contribution in [3.63, 3.8) is 0 Å². The van der Waals surface area contributed by atoms with Crippen LogP contribution in [0.3, 0.4) is 0 Å². The highest BCUT2D eigenvalue weighted by Gasteiger charge is 2.41. The Bertz CT molecular complexity index is 671. The molecular formula is C20H27N3. The first-order valence-corrected chi connectivity index (χ1v) is 8.91. The zero-order valence-electron chi connectivity index (χ0n) is 14.5. The van der Waals surface area contributed by atoms with Crippen LogP contribution in [0.1, 0.15) is 54.0 Å². The van der Waals surface area contributed by atoms with Crippen molar-refractivity contribution in [3.05, 3.63) is 52.8 Å². The maximum atomic E-state index is 4.51. The third kappa shape index (κ3) is 2.83. The molecule has 0 spiro atoms. The Labute approximate surface area is 139 Å². The molecule has 2 aliphatic heterocycles. The first-order chi connectivity index (χ1) is 11.1. The largest absolute Gasteiger partial charge is 0.293 e. The van der Waals surface area contributed by atoms with E-state index in [2.05, 4.69) is 54.3 Å². The van der Waals surface area contributed by atoms with Crippen LogP contribution in [0.25, 0.3) is 0 Å². The SMILES string of the molecule is Cc1ccc(C2CC3CCC(C2)N3Cc2cn(C)nc2C)cc1. The fourth-order valence-corrected chi connectivity index (χ4v) is 4.64. The lowest BCUT2D eigenvalue weighted by atomic mass is 9.84. The number of aromatic nitrogens is 2. The number of hydrogen-bond donors (Lipinski definition) is 0. The summed E-state index contributed by atoms with van der Waals surface area (Å²) in [7, 11) is 2.02. The van der Waals surface area contributed by atoms with Crippen molar-refractivity contribution in [1.29, 1.82) is 0 Å². The summed E-state index contributed by atoms with van der Waals surface area (Å²) in [6.07, 6.45) is 7.57. The molecule has 2 aliphatic rings. The number of piperidine rings is 1. The molecule has 2 unspecified atom stereocenters. The lowest BCUT2D eigenvalue weighted by Gasteiger charge is -2.39. The summed E-state index contributed by atoms with van der Waals surface area (Å²) in [6.45, 7) is 5.39. The van der Waals surface area contributed by atoms with Gasteiger partial charge < -0.3 is 0 Å². The van der Waals surface area contributed by atoms with Gasteiger partial charge in [-0.1, -0.05) is 29.8 Å². The van der Waals surface area contributed by atoms with E-state index in [1.807, 2.05) is 11.7 Å². The molecular weight excluding hydrogens is 282 g/mol. The molecule has 23 heavy (non-hydrogen) atoms. The molecule has 3 heteroatoms. The van der Waals surface area contributed by atoms with Gasteiger partial charge in [0.2, 0.25) is 0 Å². The van der Waals surface area contributed by atoms with Crippen molar-refractivity contribution in [2.24, 2.45) is 7.05 Å². The van der Waals surface area contributed by atoms with Gasteiger partial charge in [-0.05, 0) is 51.0 Å². The molecule has 2 atom stereocenters. The van der Waals surface area contributed by atoms with Crippen molar-refractivity contribution in [2.75, 3.05) is 0 Å². The quantitative estimate of drug-likeness (QED) is 0.856. The molecule has 3 nitrogen and oxygen atoms in total. The van der Waals surface area contributed by atoms with E-state index in [-0.39, 0.29) is 0 Å². The molecule has 3 heterocycles. The van der Waals surface area contributed by atoms with E-state index in [1.165, 1.54) is 42.5 Å². The number of rotatable bonds is 3. The smallest absolute Gasteiger partial charge is 0.0638 e. The van der Waals surface area contributed by atoms with Crippen molar-refractivity contribution in [1.82, 2.24) is 14.7 Å². The van der Waals surface area contributed by atoms with Gasteiger partial charge in [0.1, 0.15) is 0 Å². The summed E-state index contributed by atoms with van der Waals surface area (Å²) in [4.78, 5) is 2.76. The van der Waals surface area contributed by atoms with Crippen LogP contribution in [0.2, 0.25) is 0 Å². The van der Waals surface area contributed by atoms with E-state index in [0.29, 0.717) is 0 Å². The van der Waals surface area contributed by atoms with E-state index in [9.17, 15) is 0 Å². The van der Waals surface area contributed by atoms with E-state index in [0.717, 1.165) is 24.5 Å². The maximum Gasteiger partial charge on any atom is 0.0638 e. The standard InChI is InChI=1S/C20H27N3/c1-14-4-6-16(7-5-14)17-10-19-8-9-20(11-17)23(19)13-18-12-22(3)21-15(18)2/h4-7,12,17,19-20H,8-11,13H2,1-3H3. The molecule has 0 saturated carbocycles. The second-order valence-electron chi connectivity index (χ2n) is 7.55. The lowest BCUT2D eigenvalue weighted by molar-refractivity contribution is 0.118. The van der Waals surface area contributed by atoms with E-state index >= 15 is 0 Å². The number of nitrogens with zero attached hydrogens (tertiary/aromatic N) is 3. The number of hydrogen-bond acceptors (Lipinski definition) is 2. The van der Waals surface area contributed by atoms with Gasteiger partial charge in [0, 0.05) is 37.4 Å². The van der Waals surface area contributed by atoms with Gasteiger partial charge in [0.25, 0.3) is 0 Å². The molecule has 1 aromatic heterocycles. The first-order valence-electron chi connectivity index (χ1n) is 8.91. The molecule has 2 aromatic rings. The van der Waals surface area contributed by atoms with E-state index in [1.54, 1.807) is 5.56 Å². The van der Waals surface area contributed by atoms with Gasteiger partial charge in [-0.25, -0.2) is 0 Å². The zero-order chi connectivity index (χ0) is 16.0. The Morgan fingerprint density at radius 1 is 1.04 bits per heavy atom. The maximum absolute atomic E-state index is 4.51. The van der Waals surface area contributed by atoms with Gasteiger partial charge >= 0.3 is 0 Å². The third-order valence-corrected chi connectivity index (χ3v) is 5.90. The summed E-state index contributed by atoms with van der Waals surface area (Å²) < 4.78 is 1.95. The second-order valence-corrected chi connectivity index (χ2v) is 7.55. The van der Waals surface area contributed by atoms with Crippen LogP contribution in [0, 0.1) is 13.8 Å². The molecule has 0 radical (unpaired) electrons. The molecule has 0 aliphatic carbocycles. The Morgan fingerprint density at radius 2 is 1.70 bits per heavy atom. The Hall–Kier alpha value is -1.61. The van der Waals surface area contributed by atoms with Gasteiger partial charge in [-0.15, -0.1) is 0 Å². The molecule has 4 rings (SSSR count). The number of fused-ring (bicyclic) bond motifs is 2. The number of benzene rings is 1. The Morgan fingerprint density at radius 3 is 2.26 bits per heavy atom. The van der Waals surface area contributed by atoms with Crippen LogP contribution in [0.4, 0.5) is 0 Å². The molecule has 2 bridgehead atoms. The molecule has 0 N–H and O–H groups in total. The number of aryl methyl sites for hydroxylation is 3. The van der Waals surface area contributed by atoms with Crippen molar-refractivity contribution in [2.45, 2.75) is 64.1 Å². The summed E-state index contributed by atoms with van der Waals surface area (Å²) in [5.74, 6) is 0.749. The van der Waals surface area contributed by atoms with Gasteiger partial charge in [0.05, 0.1) is 5.69 Å². The van der Waals surface area contributed by atoms with Gasteiger partial charge in [-0.3, -0.25) is 9.58 Å². The van der Waals surface area contributed by atoms with Crippen LogP contribution in [0.15, 0.2) is 30.5 Å². The average Bonchev–Trinajstić information content (AvgIpc) is 2.95. The minimum Gasteiger partial charge on any atom is -0.293 e. The van der Waals surface area contributed by atoms with Crippen molar-refractivity contribution in [3.8, 4) is 0 Å². The fraction of sp³-hybridized carbons (Fsp3) is 0.550. The highest BCUT2D eigenvalue weighted by molar-refractivity contribution is 5.26. The highest BCUT2D eigenvalue weighted by Crippen LogP contribution is 2.43. The van der Waals surface area contributed by atoms with Crippen LogP contribution < -0.4 is 0 Å². The molecule has 0 amide bonds. The van der Waals surface area contributed by atoms with E-state index in [4.69, 9.17) is 0 Å². The van der Waals surface area contributed by atoms with E-state index < -0.39 is 0 Å². The normalized spacial score (nSPS) is 27.5. The molecule has 2 fully saturated rings. The van der Waals surface area contributed by atoms with Crippen LogP contribution in [-0.2, 0) is 13.6 Å². The fourth-order valence-electron chi connectivity index (χ4n) is 4.64. The lowest BCUT2D eigenvalue weighted by Crippen LogP contribution is -2.41. The summed E-state index contributed by atoms with van der Waals surface area (Å²) >= 11 is 0. The second kappa shape index (κ2) is 5.79. The van der Waals surface area contributed by atoms with Crippen LogP contribution in [-0.4, -0.2) is 26.8 Å². The van der Waals surface area contributed by atoms with Gasteiger partial charge in [-0.2, -0.15) is 5.10 Å². The molecule has 1 aromatic carbocycles. The van der Waals surface area contributed by atoms with Crippen molar-refractivity contribution < 1.29 is 0 Å². The third-order valence-electron chi connectivity index (χ3n) is 5.90. The average molecular weight is 309 g/mol. The summed E-state index contributed by atoms with van der Waals surface area (Å²) in [5.41, 5.74) is 5.50. The zero-order valence-corrected chi connectivity index (χ0v) is 14.5. The summed E-state index contributed by atoms with van der Waals surface area (Å²) in [5, 5.41) is 4.51. The Kier molecular flexibility index (Phi) is 3.76. The van der Waals surface area contributed by atoms with Gasteiger partial charge in [0.15, 0.2) is 0 Å². The molecule has 2 saturated heterocycles. The van der Waals surface area contributed by atoms with Crippen molar-refractivity contribution >= 4 is 0 Å². The summed E-state index contributed by atoms with van der Waals surface area (Å²) in [6, 6.07) is 10.7. The minimum atomic E-state index is 0.749. The Balaban J connectivity index is 1.49. The molecule has 122 valence electrons. The minimum absolute atomic E-state index is 0.749.